The Morgan fingerprint density at radius 3 is 2.24 bits per heavy atom. The van der Waals surface area contributed by atoms with Crippen LogP contribution in [0.3, 0.4) is 0 Å². The van der Waals surface area contributed by atoms with Gasteiger partial charge in [-0.2, -0.15) is 0 Å². The van der Waals surface area contributed by atoms with E-state index in [9.17, 15) is 18.4 Å². The lowest BCUT2D eigenvalue weighted by molar-refractivity contribution is -0.142. The van der Waals surface area contributed by atoms with Gasteiger partial charge in [0, 0.05) is 31.2 Å². The smallest absolute Gasteiger partial charge is 0.257 e. The monoisotopic (exact) mass is 418 g/mol. The molecular formula is C22H21ClF2N2O2. The molecule has 0 radical (unpaired) electrons. The molecule has 29 heavy (non-hydrogen) atoms. The summed E-state index contributed by atoms with van der Waals surface area (Å²) in [5.74, 6) is -1.41. The van der Waals surface area contributed by atoms with Gasteiger partial charge in [0.25, 0.3) is 5.91 Å². The van der Waals surface area contributed by atoms with Crippen molar-refractivity contribution in [3.63, 3.8) is 0 Å². The topological polar surface area (TPSA) is 40.6 Å². The maximum atomic E-state index is 14.0. The van der Waals surface area contributed by atoms with Crippen molar-refractivity contribution in [2.45, 2.75) is 24.7 Å². The molecule has 2 aromatic rings. The van der Waals surface area contributed by atoms with Gasteiger partial charge in [0.05, 0.1) is 11.0 Å². The van der Waals surface area contributed by atoms with Crippen LogP contribution >= 0.6 is 11.6 Å². The summed E-state index contributed by atoms with van der Waals surface area (Å²) in [6, 6.07) is 10.2. The van der Waals surface area contributed by atoms with Gasteiger partial charge in [0.2, 0.25) is 5.91 Å². The van der Waals surface area contributed by atoms with Gasteiger partial charge in [0.15, 0.2) is 0 Å². The quantitative estimate of drug-likeness (QED) is 0.755. The largest absolute Gasteiger partial charge is 0.338 e. The molecule has 2 aliphatic rings. The van der Waals surface area contributed by atoms with E-state index >= 15 is 0 Å². The van der Waals surface area contributed by atoms with E-state index in [1.165, 1.54) is 35.2 Å². The molecule has 152 valence electrons. The Hall–Kier alpha value is -2.47. The highest BCUT2D eigenvalue weighted by molar-refractivity contribution is 6.31. The maximum Gasteiger partial charge on any atom is 0.257 e. The Kier molecular flexibility index (Phi) is 5.30. The minimum atomic E-state index is -0.673. The first kappa shape index (κ1) is 19.8. The van der Waals surface area contributed by atoms with Crippen molar-refractivity contribution in [1.29, 1.82) is 0 Å². The molecule has 1 saturated heterocycles. The first-order valence-corrected chi connectivity index (χ1v) is 10.1. The van der Waals surface area contributed by atoms with Crippen molar-refractivity contribution in [3.8, 4) is 0 Å². The van der Waals surface area contributed by atoms with Crippen LogP contribution in [-0.4, -0.2) is 47.8 Å². The lowest BCUT2D eigenvalue weighted by atomic mass is 9.63. The summed E-state index contributed by atoms with van der Waals surface area (Å²) in [5.41, 5.74) is -0.0198. The summed E-state index contributed by atoms with van der Waals surface area (Å²) in [7, 11) is 0. The highest BCUT2D eigenvalue weighted by atomic mass is 35.5. The molecule has 4 nitrogen and oxygen atoms in total. The zero-order chi connectivity index (χ0) is 20.6. The highest BCUT2D eigenvalue weighted by Crippen LogP contribution is 2.45. The molecule has 0 atom stereocenters. The number of piperazine rings is 1. The van der Waals surface area contributed by atoms with Gasteiger partial charge >= 0.3 is 0 Å². The van der Waals surface area contributed by atoms with Crippen LogP contribution in [0.5, 0.6) is 0 Å². The first-order chi connectivity index (χ1) is 13.9. The lowest BCUT2D eigenvalue weighted by Gasteiger charge is -2.46. The second-order valence-electron chi connectivity index (χ2n) is 7.65. The van der Waals surface area contributed by atoms with Crippen LogP contribution in [0.4, 0.5) is 8.78 Å². The molecule has 0 N–H and O–H groups in total. The van der Waals surface area contributed by atoms with Gasteiger partial charge < -0.3 is 9.80 Å². The molecular weight excluding hydrogens is 398 g/mol. The molecule has 0 unspecified atom stereocenters. The third kappa shape index (κ3) is 3.62. The number of hydrogen-bond acceptors (Lipinski definition) is 2. The number of amides is 2. The molecule has 1 aliphatic carbocycles. The zero-order valence-electron chi connectivity index (χ0n) is 15.8. The number of carbonyl (C=O) groups excluding carboxylic acids is 2. The average Bonchev–Trinajstić information content (AvgIpc) is 2.68. The Morgan fingerprint density at radius 2 is 1.62 bits per heavy atom. The van der Waals surface area contributed by atoms with Gasteiger partial charge in [-0.05, 0) is 48.7 Å². The van der Waals surface area contributed by atoms with Crippen molar-refractivity contribution in [2.24, 2.45) is 0 Å². The maximum absolute atomic E-state index is 14.0. The third-order valence-electron chi connectivity index (χ3n) is 6.01. The predicted octanol–water partition coefficient (Wildman–Crippen LogP) is 4.02. The SMILES string of the molecule is O=C(c1cc(Cl)ccc1F)N1CCN(C(=O)C2(c3cccc(F)c3)CCC2)CC1. The van der Waals surface area contributed by atoms with E-state index in [-0.39, 0.29) is 17.3 Å². The molecule has 7 heteroatoms. The molecule has 2 fully saturated rings. The average molecular weight is 419 g/mol. The minimum Gasteiger partial charge on any atom is -0.338 e. The molecule has 2 amide bonds. The van der Waals surface area contributed by atoms with Crippen molar-refractivity contribution in [1.82, 2.24) is 9.80 Å². The summed E-state index contributed by atoms with van der Waals surface area (Å²) < 4.78 is 27.7. The van der Waals surface area contributed by atoms with E-state index in [1.54, 1.807) is 11.0 Å². The molecule has 1 saturated carbocycles. The van der Waals surface area contributed by atoms with Crippen LogP contribution in [0, 0.1) is 11.6 Å². The fourth-order valence-electron chi connectivity index (χ4n) is 4.19. The van der Waals surface area contributed by atoms with Crippen LogP contribution in [0.15, 0.2) is 42.5 Å². The Labute approximate surface area is 173 Å². The Balaban J connectivity index is 1.46. The van der Waals surface area contributed by atoms with Gasteiger partial charge in [-0.1, -0.05) is 30.2 Å². The summed E-state index contributed by atoms with van der Waals surface area (Å²) in [5, 5.41) is 0.297. The molecule has 0 bridgehead atoms. The summed E-state index contributed by atoms with van der Waals surface area (Å²) >= 11 is 5.89. The number of nitrogens with zero attached hydrogens (tertiary/aromatic N) is 2. The van der Waals surface area contributed by atoms with E-state index in [0.29, 0.717) is 49.6 Å². The summed E-state index contributed by atoms with van der Waals surface area (Å²) in [4.78, 5) is 29.2. The molecule has 1 heterocycles. The van der Waals surface area contributed by atoms with Gasteiger partial charge in [-0.25, -0.2) is 8.78 Å². The fourth-order valence-corrected chi connectivity index (χ4v) is 4.36. The second-order valence-corrected chi connectivity index (χ2v) is 8.09. The molecule has 1 aliphatic heterocycles. The lowest BCUT2D eigenvalue weighted by Crippen LogP contribution is -2.57. The number of carbonyl (C=O) groups is 2. The van der Waals surface area contributed by atoms with E-state index in [4.69, 9.17) is 11.6 Å². The van der Waals surface area contributed by atoms with Crippen molar-refractivity contribution < 1.29 is 18.4 Å². The molecule has 4 rings (SSSR count). The van der Waals surface area contributed by atoms with E-state index in [1.807, 2.05) is 6.07 Å². The zero-order valence-corrected chi connectivity index (χ0v) is 16.6. The van der Waals surface area contributed by atoms with Crippen molar-refractivity contribution in [2.75, 3.05) is 26.2 Å². The van der Waals surface area contributed by atoms with E-state index < -0.39 is 17.1 Å². The van der Waals surface area contributed by atoms with Gasteiger partial charge in [-0.3, -0.25) is 9.59 Å². The molecule has 0 spiro atoms. The van der Waals surface area contributed by atoms with E-state index in [0.717, 1.165) is 6.42 Å². The predicted molar refractivity (Wildman–Crippen MR) is 106 cm³/mol. The van der Waals surface area contributed by atoms with Gasteiger partial charge in [-0.15, -0.1) is 0 Å². The standard InChI is InChI=1S/C22H21ClF2N2O2/c23-16-5-6-19(25)18(14-16)20(28)26-9-11-27(12-10-26)21(29)22(7-2-8-22)15-3-1-4-17(24)13-15/h1,3-6,13-14H,2,7-12H2. The number of rotatable bonds is 3. The summed E-state index contributed by atoms with van der Waals surface area (Å²) in [6.45, 7) is 1.36. The summed E-state index contributed by atoms with van der Waals surface area (Å²) in [6.07, 6.45) is 2.32. The Bertz CT molecular complexity index is 954. The number of halogens is 3. The Morgan fingerprint density at radius 1 is 0.931 bits per heavy atom. The normalized spacial score (nSPS) is 18.3. The van der Waals surface area contributed by atoms with Crippen LogP contribution in [0.25, 0.3) is 0 Å². The third-order valence-corrected chi connectivity index (χ3v) is 6.24. The minimum absolute atomic E-state index is 0.0182. The van der Waals surface area contributed by atoms with Crippen LogP contribution in [-0.2, 0) is 10.2 Å². The van der Waals surface area contributed by atoms with Gasteiger partial charge in [0.1, 0.15) is 11.6 Å². The first-order valence-electron chi connectivity index (χ1n) is 9.70. The van der Waals surface area contributed by atoms with E-state index in [2.05, 4.69) is 0 Å². The van der Waals surface area contributed by atoms with Crippen molar-refractivity contribution >= 4 is 23.4 Å². The van der Waals surface area contributed by atoms with Crippen LogP contribution in [0.1, 0.15) is 35.2 Å². The second kappa shape index (κ2) is 7.75. The number of hydrogen-bond donors (Lipinski definition) is 0. The fraction of sp³-hybridized carbons (Fsp3) is 0.364. The van der Waals surface area contributed by atoms with Crippen molar-refractivity contribution in [3.05, 3.63) is 70.2 Å². The highest BCUT2D eigenvalue weighted by Gasteiger charge is 2.48. The molecule has 2 aromatic carbocycles. The number of benzene rings is 2. The van der Waals surface area contributed by atoms with Crippen LogP contribution < -0.4 is 0 Å². The van der Waals surface area contributed by atoms with Crippen LogP contribution in [0.2, 0.25) is 5.02 Å². The molecule has 0 aromatic heterocycles.